The van der Waals surface area contributed by atoms with Crippen molar-refractivity contribution in [1.82, 2.24) is 44.9 Å². The van der Waals surface area contributed by atoms with Crippen LogP contribution in [0.5, 0.6) is 0 Å². The average Bonchev–Trinajstić information content (AvgIpc) is 1.57. The molecule has 0 aliphatic heterocycles. The van der Waals surface area contributed by atoms with Crippen molar-refractivity contribution in [2.45, 2.75) is 167 Å². The van der Waals surface area contributed by atoms with Gasteiger partial charge in [0.05, 0.1) is 16.7 Å². The first-order valence-electron chi connectivity index (χ1n) is 53.4. The Bertz CT molecular complexity index is 7690. The molecule has 15 heteroatoms. The fraction of sp³-hybridized carbons (Fsp3) is 0.236. The number of benzene rings is 6. The molecular weight excluding hydrogens is 2020 g/mol. The summed E-state index contributed by atoms with van der Waals surface area (Å²) < 4.78 is 270. The molecule has 0 fully saturated rings. The van der Waals surface area contributed by atoms with Crippen LogP contribution in [0.3, 0.4) is 0 Å². The molecule has 12 heterocycles. The van der Waals surface area contributed by atoms with Crippen molar-refractivity contribution in [2.24, 2.45) is 0 Å². The van der Waals surface area contributed by atoms with Gasteiger partial charge in [-0.05, 0) is 181 Å². The molecule has 18 aromatic rings. The van der Waals surface area contributed by atoms with Crippen LogP contribution < -0.4 is 0 Å². The Kier molecular flexibility index (Phi) is 19.7. The van der Waals surface area contributed by atoms with Crippen molar-refractivity contribution in [2.75, 3.05) is 0 Å². The molecule has 2 unspecified atom stereocenters. The van der Waals surface area contributed by atoms with E-state index < -0.39 is 91.1 Å². The third-order valence-electron chi connectivity index (χ3n) is 18.7. The van der Waals surface area contributed by atoms with Crippen molar-refractivity contribution in [3.8, 4) is 67.5 Å². The number of furan rings is 3. The number of pyridine rings is 9. The first-order chi connectivity index (χ1) is 69.3. The van der Waals surface area contributed by atoms with Crippen LogP contribution in [0.15, 0.2) is 232 Å². The predicted octanol–water partition coefficient (Wildman–Crippen LogP) is 27.9. The number of aryl methyl sites for hydroxylation is 10. The summed E-state index contributed by atoms with van der Waals surface area (Å²) in [6.07, 6.45) is 8.30. The van der Waals surface area contributed by atoms with E-state index in [0.717, 1.165) is 46.9 Å². The Hall–Kier alpha value is -11.0. The van der Waals surface area contributed by atoms with Gasteiger partial charge in [-0.25, -0.2) is 15.0 Å². The van der Waals surface area contributed by atoms with E-state index >= 15 is 0 Å². The van der Waals surface area contributed by atoms with E-state index in [9.17, 15) is 0 Å². The smallest absolute Gasteiger partial charge is 0.216 e. The number of hydrogen-bond donors (Lipinski definition) is 0. The van der Waals surface area contributed by atoms with Gasteiger partial charge in [0.2, 0.25) is 17.1 Å². The number of aromatic nitrogens is 9. The second kappa shape index (κ2) is 41.5. The van der Waals surface area contributed by atoms with Crippen molar-refractivity contribution >= 4 is 66.2 Å². The zero-order valence-corrected chi connectivity index (χ0v) is 74.7. The van der Waals surface area contributed by atoms with E-state index in [0.29, 0.717) is 88.8 Å². The molecule has 2 atom stereocenters. The molecule has 6 aromatic carbocycles. The Morgan fingerprint density at radius 2 is 0.686 bits per heavy atom. The summed E-state index contributed by atoms with van der Waals surface area (Å²) in [6.45, 7) is -3.87. The minimum atomic E-state index is -2.83. The third-order valence-corrected chi connectivity index (χ3v) is 18.7. The van der Waals surface area contributed by atoms with Gasteiger partial charge >= 0.3 is 0 Å². The Morgan fingerprint density at radius 1 is 0.314 bits per heavy atom. The van der Waals surface area contributed by atoms with E-state index in [1.807, 2.05) is 85.8 Å². The Balaban J connectivity index is 0.000000193. The molecule has 18 rings (SSSR count). The van der Waals surface area contributed by atoms with E-state index in [-0.39, 0.29) is 155 Å². The van der Waals surface area contributed by atoms with E-state index in [1.165, 1.54) is 68.1 Å². The van der Waals surface area contributed by atoms with Crippen LogP contribution in [0, 0.1) is 105 Å². The quantitative estimate of drug-likeness (QED) is 0.113. The van der Waals surface area contributed by atoms with Crippen LogP contribution in [0.2, 0.25) is 0 Å². The van der Waals surface area contributed by atoms with Gasteiger partial charge in [0, 0.05) is 175 Å². The monoisotopic (exact) mass is 2160 g/mol. The third kappa shape index (κ3) is 21.5. The van der Waals surface area contributed by atoms with Gasteiger partial charge < -0.3 is 43.2 Å². The summed E-state index contributed by atoms with van der Waals surface area (Å²) in [4.78, 5) is 38.7. The molecule has 0 saturated carbocycles. The molecule has 3 radical (unpaired) electrons. The van der Waals surface area contributed by atoms with E-state index in [4.69, 9.17) is 57.1 Å². The molecule has 0 aliphatic rings. The summed E-state index contributed by atoms with van der Waals surface area (Å²) in [5.41, 5.74) is 12.1. The van der Waals surface area contributed by atoms with Crippen molar-refractivity contribution in [1.29, 1.82) is 0 Å². The standard InChI is InChI=1S/C25H27N2O.C24H25N2O.C21H19N2O.3C12H10N.3Ir/c1-13(2)19-11-17(7)27-25-23(19)22-15(5)8-9-18(24(22)28-25)21-10-16(6)20(12-26-21)14(3)4;1-13(2)17-9-10-25-20(12-17)18-8-7-15(5)21-22-19(14(3)4)11-16(6)26-24(22)27-23(18)21;1-12(2)16-11-14(4)23-21-19(16)18-13(3)8-9-15(20(18)24-21)17-7-5-6-10-22-17;3*1-10-7-8-12(13-9-10)11-5-3-2-4-6-11;;;/h8,10-14H,1-7H3;7,9-14H,1-6H3;5-8,10-12H,1-4H3;3*2-5,7-9H,1H3;;;/q6*-1;;;/i3D3,5D3,6D3,13D,14D;1D3,5D3,13D,14D;3D3,12D;3*1D3;;;. The van der Waals surface area contributed by atoms with Crippen LogP contribution in [0.4, 0.5) is 0 Å². The molecule has 0 spiro atoms. The molecule has 0 amide bonds. The second-order valence-corrected chi connectivity index (χ2v) is 28.3. The van der Waals surface area contributed by atoms with E-state index in [2.05, 4.69) is 81.3 Å². The summed E-state index contributed by atoms with van der Waals surface area (Å²) in [7, 11) is 0. The Morgan fingerprint density at radius 3 is 1.02 bits per heavy atom. The normalized spacial score (nSPS) is 17.0. The van der Waals surface area contributed by atoms with Crippen LogP contribution in [0.25, 0.3) is 134 Å². The first kappa shape index (κ1) is 57.3. The van der Waals surface area contributed by atoms with Gasteiger partial charge in [0.1, 0.15) is 0 Å². The number of hydrogen-bond acceptors (Lipinski definition) is 12. The summed E-state index contributed by atoms with van der Waals surface area (Å²) in [6, 6.07) is 69.2. The van der Waals surface area contributed by atoms with Crippen LogP contribution in [-0.2, 0) is 60.3 Å². The van der Waals surface area contributed by atoms with Gasteiger partial charge in [-0.2, -0.15) is 0 Å². The first-order valence-corrected chi connectivity index (χ1v) is 37.4. The zero-order valence-electron chi connectivity index (χ0n) is 99.5. The molecule has 0 N–H and O–H groups in total. The largest absolute Gasteiger partial charge is 0.486 e. The number of rotatable bonds is 11. The molecule has 0 aliphatic carbocycles. The maximum atomic E-state index is 8.68. The molecular formula is C106H101Ir3N9O3-6. The number of nitrogens with zero attached hydrogens (tertiary/aromatic N) is 9. The molecule has 0 bridgehead atoms. The summed E-state index contributed by atoms with van der Waals surface area (Å²) >= 11 is 0. The molecule has 12 aromatic heterocycles. The second-order valence-electron chi connectivity index (χ2n) is 28.3. The van der Waals surface area contributed by atoms with Crippen molar-refractivity contribution < 1.29 is 117 Å². The summed E-state index contributed by atoms with van der Waals surface area (Å²) in [5.74, 6) is -7.32. The fourth-order valence-corrected chi connectivity index (χ4v) is 13.1. The number of fused-ring (bicyclic) bond motifs is 9. The van der Waals surface area contributed by atoms with Gasteiger partial charge in [0.25, 0.3) is 0 Å². The van der Waals surface area contributed by atoms with Gasteiger partial charge in [-0.1, -0.05) is 194 Å². The molecule has 0 saturated heterocycles. The zero-order chi connectivity index (χ0) is 111. The van der Waals surface area contributed by atoms with Gasteiger partial charge in [-0.15, -0.1) is 161 Å². The summed E-state index contributed by atoms with van der Waals surface area (Å²) in [5, 5.41) is 2.31. The fourth-order valence-electron chi connectivity index (χ4n) is 13.1. The molecule has 621 valence electrons. The van der Waals surface area contributed by atoms with Crippen LogP contribution >= 0.6 is 0 Å². The Labute approximate surface area is 798 Å². The van der Waals surface area contributed by atoms with Crippen molar-refractivity contribution in [3.05, 3.63) is 339 Å². The van der Waals surface area contributed by atoms with Crippen molar-refractivity contribution in [3.63, 3.8) is 0 Å². The predicted molar refractivity (Wildman–Crippen MR) is 484 cm³/mol. The molecule has 121 heavy (non-hydrogen) atoms. The molecule has 12 nitrogen and oxygen atoms in total. The van der Waals surface area contributed by atoms with Crippen LogP contribution in [-0.4, -0.2) is 44.9 Å². The van der Waals surface area contributed by atoms with Gasteiger partial charge in [-0.3, -0.25) is 0 Å². The SMILES string of the molecule is [2H]C([2H])([2H])c1c[c-]c(-c2cc(C([2H])(C)C([2H])([2H])[2H])ccn2)c2oc3nc(C)cc(C([2H])(C)C)c3c12.[2H]C([2H])([2H])c1c[c-]c(-c2ccccn2)c2oc3nc(C)cc(C([2H])(C)C)c3c12.[2H]C([2H])([2H])c1cc(-c2[c-]cc(C([2H])([2H])[2H])c3c2oc2nc(C)cc(C([2H])(C)C)c23)ncc1C([2H])(C)C([2H])([2H])[2H].[2H]C([2H])([2H])c1ccc(-c2[c-]cccc2)nc1.[2H]C([2H])([2H])c1ccc(-c2[c-]cccc2)nc1.[2H]C([2H])([2H])c1ccc(-c2[c-]cccc2)nc1.[Ir].[Ir].[Ir]. The van der Waals surface area contributed by atoms with Crippen LogP contribution in [0.1, 0.15) is 226 Å². The average molecular weight is 2160 g/mol. The minimum Gasteiger partial charge on any atom is -0.486 e. The maximum Gasteiger partial charge on any atom is 0.216 e. The minimum absolute atomic E-state index is 0. The maximum absolute atomic E-state index is 8.68. The topological polar surface area (TPSA) is 155 Å². The van der Waals surface area contributed by atoms with E-state index in [1.54, 1.807) is 128 Å². The van der Waals surface area contributed by atoms with Gasteiger partial charge in [0.15, 0.2) is 0 Å².